The number of aromatic nitrogens is 2. The number of rotatable bonds is 9. The molecule has 180 valence electrons. The van der Waals surface area contributed by atoms with E-state index in [1.54, 1.807) is 6.20 Å². The molecule has 3 heterocycles. The van der Waals surface area contributed by atoms with Crippen molar-refractivity contribution in [2.75, 3.05) is 30.3 Å². The normalized spacial score (nSPS) is 22.9. The zero-order valence-electron chi connectivity index (χ0n) is 19.4. The van der Waals surface area contributed by atoms with Crippen LogP contribution >= 0.6 is 23.4 Å². The van der Waals surface area contributed by atoms with Gasteiger partial charge in [-0.1, -0.05) is 35.9 Å². The molecule has 0 unspecified atom stereocenters. The van der Waals surface area contributed by atoms with Crippen molar-refractivity contribution in [2.24, 2.45) is 0 Å². The van der Waals surface area contributed by atoms with E-state index in [1.807, 2.05) is 41.0 Å². The number of hydrogen-bond acceptors (Lipinski definition) is 5. The minimum absolute atomic E-state index is 0.0492. The molecule has 2 fully saturated rings. The van der Waals surface area contributed by atoms with Crippen molar-refractivity contribution in [3.8, 4) is 0 Å². The number of para-hydroxylation sites is 1. The number of anilines is 1. The fourth-order valence-corrected chi connectivity index (χ4v) is 5.97. The molecule has 0 radical (unpaired) electrons. The second-order valence-corrected chi connectivity index (χ2v) is 10.6. The van der Waals surface area contributed by atoms with E-state index in [9.17, 15) is 0 Å². The van der Waals surface area contributed by atoms with E-state index in [0.717, 1.165) is 36.7 Å². The third kappa shape index (κ3) is 5.98. The molecule has 0 bridgehead atoms. The van der Waals surface area contributed by atoms with Crippen LogP contribution in [0.3, 0.4) is 0 Å². The van der Waals surface area contributed by atoms with Gasteiger partial charge in [0.05, 0.1) is 31.3 Å². The second-order valence-electron chi connectivity index (χ2n) is 9.15. The van der Waals surface area contributed by atoms with Gasteiger partial charge in [0, 0.05) is 47.6 Å². The molecule has 0 amide bonds. The van der Waals surface area contributed by atoms with E-state index < -0.39 is 5.79 Å². The van der Waals surface area contributed by atoms with Gasteiger partial charge in [-0.15, -0.1) is 11.8 Å². The summed E-state index contributed by atoms with van der Waals surface area (Å²) in [5, 5.41) is 0.757. The third-order valence-corrected chi connectivity index (χ3v) is 8.04. The molecule has 5 nitrogen and oxygen atoms in total. The van der Waals surface area contributed by atoms with Crippen molar-refractivity contribution < 1.29 is 9.47 Å². The van der Waals surface area contributed by atoms with Crippen LogP contribution in [0.25, 0.3) is 0 Å². The highest BCUT2D eigenvalue weighted by Gasteiger charge is 2.41. The summed E-state index contributed by atoms with van der Waals surface area (Å²) in [6, 6.07) is 16.8. The Bertz CT molecular complexity index is 1040. The molecule has 2 aliphatic heterocycles. The van der Waals surface area contributed by atoms with Gasteiger partial charge in [0.1, 0.15) is 0 Å². The summed E-state index contributed by atoms with van der Waals surface area (Å²) in [5.74, 6) is 0.218. The highest BCUT2D eigenvalue weighted by molar-refractivity contribution is 7.99. The van der Waals surface area contributed by atoms with Gasteiger partial charge < -0.3 is 18.9 Å². The first kappa shape index (κ1) is 23.7. The molecule has 0 spiro atoms. The molecule has 34 heavy (non-hydrogen) atoms. The molecular formula is C27H32ClN3O2S. The first-order valence-electron chi connectivity index (χ1n) is 12.2. The van der Waals surface area contributed by atoms with Crippen LogP contribution in [0.5, 0.6) is 0 Å². The smallest absolute Gasteiger partial charge is 0.187 e. The van der Waals surface area contributed by atoms with Crippen LogP contribution in [0.2, 0.25) is 5.02 Å². The van der Waals surface area contributed by atoms with Crippen LogP contribution in [-0.2, 0) is 22.4 Å². The highest BCUT2D eigenvalue weighted by atomic mass is 35.5. The summed E-state index contributed by atoms with van der Waals surface area (Å²) in [6.45, 7) is 3.54. The number of benzene rings is 2. The SMILES string of the molecule is Clc1ccc(CC[C@]2(Cn3ccnc3)OC[C@@H](CSc3ccccc3N3CCCCC3)O2)cc1. The number of thioether (sulfide) groups is 1. The lowest BCUT2D eigenvalue weighted by atomic mass is 10.0. The number of aryl methyl sites for hydroxylation is 1. The summed E-state index contributed by atoms with van der Waals surface area (Å²) >= 11 is 7.94. The minimum atomic E-state index is -0.655. The lowest BCUT2D eigenvalue weighted by Gasteiger charge is -2.30. The lowest BCUT2D eigenvalue weighted by Crippen LogP contribution is -2.37. The molecule has 0 N–H and O–H groups in total. The zero-order chi connectivity index (χ0) is 23.2. The predicted octanol–water partition coefficient (Wildman–Crippen LogP) is 6.06. The molecule has 7 heteroatoms. The van der Waals surface area contributed by atoms with E-state index in [2.05, 4.69) is 46.3 Å². The van der Waals surface area contributed by atoms with E-state index in [4.69, 9.17) is 21.1 Å². The Morgan fingerprint density at radius 1 is 1.06 bits per heavy atom. The van der Waals surface area contributed by atoms with Crippen molar-refractivity contribution in [2.45, 2.75) is 55.4 Å². The molecule has 0 aliphatic carbocycles. The maximum atomic E-state index is 6.64. The zero-order valence-corrected chi connectivity index (χ0v) is 21.0. The minimum Gasteiger partial charge on any atom is -0.371 e. The summed E-state index contributed by atoms with van der Waals surface area (Å²) in [5.41, 5.74) is 2.59. The van der Waals surface area contributed by atoms with Crippen molar-refractivity contribution in [3.63, 3.8) is 0 Å². The van der Waals surface area contributed by atoms with Gasteiger partial charge in [-0.3, -0.25) is 0 Å². The van der Waals surface area contributed by atoms with Crippen LogP contribution in [0, 0.1) is 0 Å². The second kappa shape index (κ2) is 11.2. The monoisotopic (exact) mass is 497 g/mol. The standard InChI is InChI=1S/C27H32ClN3O2S/c28-23-10-8-22(9-11-23)12-13-27(20-30-17-14-29-21-30)32-18-24(33-27)19-34-26-7-3-2-6-25(26)31-15-4-1-5-16-31/h2-3,6-11,14,17,21,24H,1,4-5,12-13,15-16,18-20H2/t24-,27-/m0/s1. The van der Waals surface area contributed by atoms with Crippen LogP contribution in [0.1, 0.15) is 31.2 Å². The van der Waals surface area contributed by atoms with Gasteiger partial charge in [-0.25, -0.2) is 4.98 Å². The molecule has 0 saturated carbocycles. The number of imidazole rings is 1. The van der Waals surface area contributed by atoms with Gasteiger partial charge in [-0.2, -0.15) is 0 Å². The van der Waals surface area contributed by atoms with Crippen molar-refractivity contribution in [3.05, 3.63) is 77.8 Å². The molecule has 1 aromatic heterocycles. The number of ether oxygens (including phenoxy) is 2. The molecule has 2 aliphatic rings. The Balaban J connectivity index is 1.24. The quantitative estimate of drug-likeness (QED) is 0.336. The maximum Gasteiger partial charge on any atom is 0.187 e. The lowest BCUT2D eigenvalue weighted by molar-refractivity contribution is -0.180. The van der Waals surface area contributed by atoms with E-state index in [0.29, 0.717) is 13.2 Å². The molecule has 2 aromatic carbocycles. The molecule has 2 saturated heterocycles. The average molecular weight is 498 g/mol. The van der Waals surface area contributed by atoms with Gasteiger partial charge in [0.15, 0.2) is 5.79 Å². The summed E-state index contributed by atoms with van der Waals surface area (Å²) in [4.78, 5) is 8.07. The van der Waals surface area contributed by atoms with E-state index in [-0.39, 0.29) is 6.10 Å². The summed E-state index contributed by atoms with van der Waals surface area (Å²) in [6.07, 6.45) is 11.2. The Hall–Kier alpha value is -1.99. The highest BCUT2D eigenvalue weighted by Crippen LogP contribution is 2.36. The maximum absolute atomic E-state index is 6.64. The number of hydrogen-bond donors (Lipinski definition) is 0. The summed E-state index contributed by atoms with van der Waals surface area (Å²) in [7, 11) is 0. The van der Waals surface area contributed by atoms with Crippen LogP contribution in [-0.4, -0.2) is 46.9 Å². The first-order chi connectivity index (χ1) is 16.7. The average Bonchev–Trinajstić information content (AvgIpc) is 3.54. The number of nitrogens with zero attached hydrogens (tertiary/aromatic N) is 3. The summed E-state index contributed by atoms with van der Waals surface area (Å²) < 4.78 is 15.1. The van der Waals surface area contributed by atoms with Crippen molar-refractivity contribution in [1.29, 1.82) is 0 Å². The Morgan fingerprint density at radius 3 is 2.68 bits per heavy atom. The van der Waals surface area contributed by atoms with Crippen molar-refractivity contribution >= 4 is 29.1 Å². The van der Waals surface area contributed by atoms with Crippen LogP contribution in [0.4, 0.5) is 5.69 Å². The van der Waals surface area contributed by atoms with E-state index in [1.165, 1.54) is 35.4 Å². The van der Waals surface area contributed by atoms with Gasteiger partial charge >= 0.3 is 0 Å². The van der Waals surface area contributed by atoms with Crippen molar-refractivity contribution in [1.82, 2.24) is 9.55 Å². The molecule has 3 aromatic rings. The van der Waals surface area contributed by atoms with Gasteiger partial charge in [0.25, 0.3) is 0 Å². The first-order valence-corrected chi connectivity index (χ1v) is 13.5. The fraction of sp³-hybridized carbons (Fsp3) is 0.444. The number of piperidine rings is 1. The number of halogens is 1. The molecule has 2 atom stereocenters. The molecule has 5 rings (SSSR count). The Morgan fingerprint density at radius 2 is 1.88 bits per heavy atom. The molecular weight excluding hydrogens is 466 g/mol. The Labute approximate surface area is 211 Å². The van der Waals surface area contributed by atoms with Crippen LogP contribution in [0.15, 0.2) is 72.1 Å². The van der Waals surface area contributed by atoms with Crippen LogP contribution < -0.4 is 4.90 Å². The van der Waals surface area contributed by atoms with E-state index >= 15 is 0 Å². The van der Waals surface area contributed by atoms with Gasteiger partial charge in [-0.05, 0) is 55.5 Å². The fourth-order valence-electron chi connectivity index (χ4n) is 4.79. The largest absolute Gasteiger partial charge is 0.371 e. The Kier molecular flexibility index (Phi) is 7.80. The predicted molar refractivity (Wildman–Crippen MR) is 139 cm³/mol. The van der Waals surface area contributed by atoms with Gasteiger partial charge in [0.2, 0.25) is 0 Å². The third-order valence-electron chi connectivity index (χ3n) is 6.59. The topological polar surface area (TPSA) is 39.5 Å².